The number of alkyl halides is 1. The van der Waals surface area contributed by atoms with E-state index in [-0.39, 0.29) is 18.4 Å². The number of carbonyl (C=O) groups excluding carboxylic acids is 1. The average Bonchev–Trinajstić information content (AvgIpc) is 2.44. The minimum atomic E-state index is -0.875. The molecule has 2 fully saturated rings. The normalized spacial score (nSPS) is 41.5. The van der Waals surface area contributed by atoms with Crippen LogP contribution in [0, 0.1) is 11.8 Å². The summed E-state index contributed by atoms with van der Waals surface area (Å²) in [5.74, 6) is 1.07. The number of hydrogen-bond donors (Lipinski definition) is 1. The maximum atomic E-state index is 13.2. The Bertz CT molecular complexity index is 253. The first-order chi connectivity index (χ1) is 7.06. The molecule has 2 unspecified atom stereocenters. The molecule has 0 spiro atoms. The highest BCUT2D eigenvalue weighted by Gasteiger charge is 2.38. The standard InChI is InChI=1S/C11H19FN2O/c1-7-2-8(3-7)5-14-6-9(12)4-10(14)11(13)15/h7-10H,2-6H2,1H3,(H2,13,15). The molecule has 1 saturated heterocycles. The number of rotatable bonds is 3. The van der Waals surface area contributed by atoms with E-state index in [1.165, 1.54) is 12.8 Å². The molecular formula is C11H19FN2O. The number of amides is 1. The van der Waals surface area contributed by atoms with E-state index < -0.39 is 6.17 Å². The predicted octanol–water partition coefficient (Wildman–Crippen LogP) is 0.930. The molecule has 2 aliphatic rings. The van der Waals surface area contributed by atoms with Crippen molar-refractivity contribution in [1.82, 2.24) is 4.90 Å². The summed E-state index contributed by atoms with van der Waals surface area (Å²) in [5, 5.41) is 0. The van der Waals surface area contributed by atoms with Crippen molar-refractivity contribution >= 4 is 5.91 Å². The fourth-order valence-electron chi connectivity index (χ4n) is 2.90. The minimum absolute atomic E-state index is 0.289. The Morgan fingerprint density at radius 1 is 1.47 bits per heavy atom. The Balaban J connectivity index is 1.87. The van der Waals surface area contributed by atoms with Crippen molar-refractivity contribution in [3.63, 3.8) is 0 Å². The zero-order valence-corrected chi connectivity index (χ0v) is 9.16. The molecule has 1 aliphatic carbocycles. The third kappa shape index (κ3) is 2.30. The molecule has 2 atom stereocenters. The molecule has 2 N–H and O–H groups in total. The van der Waals surface area contributed by atoms with E-state index in [2.05, 4.69) is 6.92 Å². The number of hydrogen-bond acceptors (Lipinski definition) is 2. The van der Waals surface area contributed by atoms with Crippen molar-refractivity contribution < 1.29 is 9.18 Å². The molecule has 86 valence electrons. The van der Waals surface area contributed by atoms with Crippen molar-refractivity contribution in [2.75, 3.05) is 13.1 Å². The van der Waals surface area contributed by atoms with E-state index in [1.807, 2.05) is 4.90 Å². The highest BCUT2D eigenvalue weighted by molar-refractivity contribution is 5.80. The van der Waals surface area contributed by atoms with Gasteiger partial charge in [-0.25, -0.2) is 4.39 Å². The van der Waals surface area contributed by atoms with E-state index >= 15 is 0 Å². The van der Waals surface area contributed by atoms with Crippen molar-refractivity contribution in [2.24, 2.45) is 17.6 Å². The maximum Gasteiger partial charge on any atom is 0.234 e. The first kappa shape index (κ1) is 10.9. The highest BCUT2D eigenvalue weighted by Crippen LogP contribution is 2.35. The van der Waals surface area contributed by atoms with Gasteiger partial charge in [-0.3, -0.25) is 9.69 Å². The van der Waals surface area contributed by atoms with Crippen LogP contribution in [0.15, 0.2) is 0 Å². The fourth-order valence-corrected chi connectivity index (χ4v) is 2.90. The molecule has 1 heterocycles. The number of carbonyl (C=O) groups is 1. The Morgan fingerprint density at radius 2 is 2.13 bits per heavy atom. The van der Waals surface area contributed by atoms with Gasteiger partial charge in [0.05, 0.1) is 6.04 Å². The van der Waals surface area contributed by atoms with Gasteiger partial charge in [0.2, 0.25) is 5.91 Å². The molecule has 0 bridgehead atoms. The lowest BCUT2D eigenvalue weighted by molar-refractivity contribution is -0.122. The van der Waals surface area contributed by atoms with Crippen molar-refractivity contribution in [3.8, 4) is 0 Å². The first-order valence-electron chi connectivity index (χ1n) is 5.73. The second kappa shape index (κ2) is 4.08. The zero-order valence-electron chi connectivity index (χ0n) is 9.16. The Hall–Kier alpha value is -0.640. The van der Waals surface area contributed by atoms with Crippen molar-refractivity contribution in [3.05, 3.63) is 0 Å². The summed E-state index contributed by atoms with van der Waals surface area (Å²) in [6, 6.07) is -0.365. The molecule has 4 heteroatoms. The smallest absolute Gasteiger partial charge is 0.234 e. The van der Waals surface area contributed by atoms with Crippen LogP contribution in [-0.2, 0) is 4.79 Å². The monoisotopic (exact) mass is 214 g/mol. The summed E-state index contributed by atoms with van der Waals surface area (Å²) in [6.45, 7) is 3.46. The van der Waals surface area contributed by atoms with Crippen LogP contribution in [0.5, 0.6) is 0 Å². The lowest BCUT2D eigenvalue weighted by Gasteiger charge is -2.36. The van der Waals surface area contributed by atoms with Crippen LogP contribution in [0.25, 0.3) is 0 Å². The molecule has 2 rings (SSSR count). The zero-order chi connectivity index (χ0) is 11.0. The van der Waals surface area contributed by atoms with Gasteiger partial charge in [-0.15, -0.1) is 0 Å². The lowest BCUT2D eigenvalue weighted by Crippen LogP contribution is -2.44. The molecule has 1 aliphatic heterocycles. The Labute approximate surface area is 89.8 Å². The average molecular weight is 214 g/mol. The third-order valence-corrected chi connectivity index (χ3v) is 3.64. The van der Waals surface area contributed by atoms with Gasteiger partial charge in [0, 0.05) is 19.5 Å². The van der Waals surface area contributed by atoms with Gasteiger partial charge in [-0.1, -0.05) is 6.92 Å². The van der Waals surface area contributed by atoms with Gasteiger partial charge in [0.1, 0.15) is 6.17 Å². The summed E-state index contributed by atoms with van der Waals surface area (Å²) in [5.41, 5.74) is 5.27. The summed E-state index contributed by atoms with van der Waals surface area (Å²) in [7, 11) is 0. The lowest BCUT2D eigenvalue weighted by atomic mass is 9.76. The maximum absolute atomic E-state index is 13.2. The van der Waals surface area contributed by atoms with E-state index in [0.717, 1.165) is 12.5 Å². The van der Waals surface area contributed by atoms with Gasteiger partial charge in [0.25, 0.3) is 0 Å². The van der Waals surface area contributed by atoms with Crippen LogP contribution < -0.4 is 5.73 Å². The molecule has 0 aromatic rings. The van der Waals surface area contributed by atoms with Gasteiger partial charge < -0.3 is 5.73 Å². The second-order valence-electron chi connectivity index (χ2n) is 5.15. The van der Waals surface area contributed by atoms with E-state index in [4.69, 9.17) is 5.73 Å². The van der Waals surface area contributed by atoms with E-state index in [0.29, 0.717) is 12.5 Å². The molecular weight excluding hydrogens is 195 g/mol. The SMILES string of the molecule is CC1CC(CN2CC(F)CC2C(N)=O)C1. The number of nitrogens with two attached hydrogens (primary N) is 1. The van der Waals surface area contributed by atoms with E-state index in [9.17, 15) is 9.18 Å². The third-order valence-electron chi connectivity index (χ3n) is 3.64. The summed E-state index contributed by atoms with van der Waals surface area (Å²) in [6.07, 6.45) is 1.83. The van der Waals surface area contributed by atoms with Crippen molar-refractivity contribution in [1.29, 1.82) is 0 Å². The molecule has 3 nitrogen and oxygen atoms in total. The molecule has 1 saturated carbocycles. The number of likely N-dealkylation sites (tertiary alicyclic amines) is 1. The molecule has 0 aromatic heterocycles. The number of nitrogens with zero attached hydrogens (tertiary/aromatic N) is 1. The minimum Gasteiger partial charge on any atom is -0.368 e. The van der Waals surface area contributed by atoms with Gasteiger partial charge in [-0.2, -0.15) is 0 Å². The quantitative estimate of drug-likeness (QED) is 0.759. The predicted molar refractivity (Wildman–Crippen MR) is 56.0 cm³/mol. The van der Waals surface area contributed by atoms with Gasteiger partial charge in [0.15, 0.2) is 0 Å². The molecule has 0 radical (unpaired) electrons. The van der Waals surface area contributed by atoms with Crippen LogP contribution in [0.1, 0.15) is 26.2 Å². The van der Waals surface area contributed by atoms with E-state index in [1.54, 1.807) is 0 Å². The Morgan fingerprint density at radius 3 is 2.67 bits per heavy atom. The van der Waals surface area contributed by atoms with Crippen LogP contribution in [0.4, 0.5) is 4.39 Å². The van der Waals surface area contributed by atoms with Crippen LogP contribution in [0.3, 0.4) is 0 Å². The van der Waals surface area contributed by atoms with Crippen molar-refractivity contribution in [2.45, 2.75) is 38.4 Å². The molecule has 0 aromatic carbocycles. The summed E-state index contributed by atoms with van der Waals surface area (Å²) < 4.78 is 13.2. The largest absolute Gasteiger partial charge is 0.368 e. The van der Waals surface area contributed by atoms with Gasteiger partial charge in [-0.05, 0) is 24.7 Å². The summed E-state index contributed by atoms with van der Waals surface area (Å²) >= 11 is 0. The van der Waals surface area contributed by atoms with Crippen LogP contribution >= 0.6 is 0 Å². The molecule has 1 amide bonds. The van der Waals surface area contributed by atoms with Crippen LogP contribution in [-0.4, -0.2) is 36.1 Å². The Kier molecular flexibility index (Phi) is 2.96. The number of halogens is 1. The van der Waals surface area contributed by atoms with Gasteiger partial charge >= 0.3 is 0 Å². The topological polar surface area (TPSA) is 46.3 Å². The highest BCUT2D eigenvalue weighted by atomic mass is 19.1. The first-order valence-corrected chi connectivity index (χ1v) is 5.73. The summed E-state index contributed by atoms with van der Waals surface area (Å²) in [4.78, 5) is 13.1. The second-order valence-corrected chi connectivity index (χ2v) is 5.15. The molecule has 15 heavy (non-hydrogen) atoms. The number of primary amides is 1. The fraction of sp³-hybridized carbons (Fsp3) is 0.909. The van der Waals surface area contributed by atoms with Crippen LogP contribution in [0.2, 0.25) is 0 Å².